The highest BCUT2D eigenvalue weighted by molar-refractivity contribution is 9.10. The topological polar surface area (TPSA) is 75.6 Å². The van der Waals surface area contributed by atoms with Crippen molar-refractivity contribution >= 4 is 57.8 Å². The SMILES string of the molecule is CCCCOC[C@H]1OC(c2cc(CCC(C)(C)[Si](O)(c3ccccc3)c3ccccc3)c(Cl)c(Br)c2OCCCl)[C@H](OCCCC)[C@@H](OCCCC)[C@@H]1OCCCC. The van der Waals surface area contributed by atoms with Gasteiger partial charge in [-0.05, 0) is 81.5 Å². The molecule has 0 aromatic heterocycles. The van der Waals surface area contributed by atoms with Gasteiger partial charge in [-0.1, -0.05) is 139 Å². The molecule has 324 valence electrons. The van der Waals surface area contributed by atoms with Crippen LogP contribution >= 0.6 is 39.1 Å². The summed E-state index contributed by atoms with van der Waals surface area (Å²) in [6.45, 7) is 16.0. The van der Waals surface area contributed by atoms with Gasteiger partial charge in [-0.15, -0.1) is 11.6 Å². The van der Waals surface area contributed by atoms with Crippen LogP contribution in [0, 0.1) is 0 Å². The highest BCUT2D eigenvalue weighted by Gasteiger charge is 2.51. The van der Waals surface area contributed by atoms with Gasteiger partial charge in [-0.25, -0.2) is 0 Å². The Labute approximate surface area is 369 Å². The van der Waals surface area contributed by atoms with Crippen molar-refractivity contribution in [2.24, 2.45) is 0 Å². The predicted molar refractivity (Wildman–Crippen MR) is 245 cm³/mol. The zero-order valence-corrected chi connectivity index (χ0v) is 39.9. The smallest absolute Gasteiger partial charge is 0.258 e. The van der Waals surface area contributed by atoms with Crippen LogP contribution in [-0.2, 0) is 30.1 Å². The molecule has 1 aliphatic heterocycles. The minimum Gasteiger partial charge on any atom is -0.491 e. The third kappa shape index (κ3) is 12.8. The van der Waals surface area contributed by atoms with Crippen molar-refractivity contribution in [1.29, 1.82) is 0 Å². The third-order valence-electron chi connectivity index (χ3n) is 11.3. The second-order valence-electron chi connectivity index (χ2n) is 16.0. The number of rotatable bonds is 27. The van der Waals surface area contributed by atoms with Crippen LogP contribution in [0.4, 0.5) is 0 Å². The van der Waals surface area contributed by atoms with E-state index >= 15 is 0 Å². The van der Waals surface area contributed by atoms with Crippen molar-refractivity contribution in [3.05, 3.63) is 87.4 Å². The zero-order chi connectivity index (χ0) is 42.0. The van der Waals surface area contributed by atoms with Crippen LogP contribution in [0.15, 0.2) is 71.2 Å². The number of ether oxygens (including phenoxy) is 6. The molecule has 1 heterocycles. The molecule has 1 unspecified atom stereocenters. The molecule has 4 rings (SSSR count). The highest BCUT2D eigenvalue weighted by Crippen LogP contribution is 2.48. The molecule has 1 N–H and O–H groups in total. The molecule has 3 aromatic carbocycles. The van der Waals surface area contributed by atoms with Crippen LogP contribution < -0.4 is 15.1 Å². The lowest BCUT2D eigenvalue weighted by Crippen LogP contribution is -2.65. The van der Waals surface area contributed by atoms with Gasteiger partial charge in [0.2, 0.25) is 0 Å². The average Bonchev–Trinajstić information content (AvgIpc) is 3.24. The Morgan fingerprint density at radius 3 is 1.79 bits per heavy atom. The molecular weight excluding hydrogens is 855 g/mol. The maximum absolute atomic E-state index is 13.0. The Morgan fingerprint density at radius 1 is 0.741 bits per heavy atom. The van der Waals surface area contributed by atoms with E-state index in [1.165, 1.54) is 0 Å². The van der Waals surface area contributed by atoms with Gasteiger partial charge >= 0.3 is 0 Å². The maximum atomic E-state index is 13.0. The van der Waals surface area contributed by atoms with Gasteiger partial charge in [-0.2, -0.15) is 0 Å². The summed E-state index contributed by atoms with van der Waals surface area (Å²) in [5.41, 5.74) is 1.73. The van der Waals surface area contributed by atoms with Crippen molar-refractivity contribution in [3.8, 4) is 5.75 Å². The van der Waals surface area contributed by atoms with Crippen molar-refractivity contribution in [3.63, 3.8) is 0 Å². The summed E-state index contributed by atoms with van der Waals surface area (Å²) in [6, 6.07) is 22.4. The number of hydrogen-bond donors (Lipinski definition) is 1. The predicted octanol–water partition coefficient (Wildman–Crippen LogP) is 11.0. The second-order valence-corrected chi connectivity index (χ2v) is 21.5. The Morgan fingerprint density at radius 2 is 1.26 bits per heavy atom. The van der Waals surface area contributed by atoms with Crippen LogP contribution in [0.1, 0.15) is 117 Å². The normalized spacial score (nSPS) is 20.1. The number of halogens is 3. The molecule has 0 aliphatic carbocycles. The molecule has 1 aliphatic rings. The lowest BCUT2D eigenvalue weighted by molar-refractivity contribution is -0.268. The van der Waals surface area contributed by atoms with Crippen molar-refractivity contribution in [2.75, 3.05) is 45.5 Å². The van der Waals surface area contributed by atoms with Crippen LogP contribution in [0.3, 0.4) is 0 Å². The van der Waals surface area contributed by atoms with E-state index < -0.39 is 43.9 Å². The summed E-state index contributed by atoms with van der Waals surface area (Å²) in [6.07, 6.45) is 6.67. The van der Waals surface area contributed by atoms with Gasteiger partial charge in [0.25, 0.3) is 8.32 Å². The standard InChI is InChI=1S/C47H69BrCl2O7Si/c1-7-11-28-52-34-39-44(53-29-12-8-2)46(55-31-14-10-4)45(54-30-13-9-3)43(57-39)38-33-35(41(50)40(48)42(38)56-32-27-49)25-26-47(5,6)58(51,36-21-17-15-18-22-36)37-23-19-16-20-24-37/h15-24,33,39,43-46,51H,7-14,25-32,34H2,1-6H3/t39-,43?,44-,45+,46+/m1/s1. The molecule has 0 radical (unpaired) electrons. The Bertz CT molecular complexity index is 1560. The van der Waals surface area contributed by atoms with E-state index in [0.29, 0.717) is 67.0 Å². The fourth-order valence-electron chi connectivity index (χ4n) is 7.71. The highest BCUT2D eigenvalue weighted by atomic mass is 79.9. The van der Waals surface area contributed by atoms with E-state index in [0.717, 1.165) is 72.9 Å². The lowest BCUT2D eigenvalue weighted by Gasteiger charge is -2.47. The number of unbranched alkanes of at least 4 members (excludes halogenated alkanes) is 4. The van der Waals surface area contributed by atoms with Gasteiger partial charge in [0.05, 0.1) is 22.0 Å². The second kappa shape index (κ2) is 25.4. The molecular formula is C47H69BrCl2O7Si. The van der Waals surface area contributed by atoms with E-state index in [4.69, 9.17) is 51.6 Å². The van der Waals surface area contributed by atoms with Crippen molar-refractivity contribution < 1.29 is 33.2 Å². The number of hydrogen-bond acceptors (Lipinski definition) is 7. The van der Waals surface area contributed by atoms with Crippen LogP contribution in [0.5, 0.6) is 5.75 Å². The Hall–Kier alpha value is -1.50. The first-order valence-corrected chi connectivity index (χ1v) is 25.4. The van der Waals surface area contributed by atoms with E-state index in [-0.39, 0.29) is 6.61 Å². The van der Waals surface area contributed by atoms with Gasteiger partial charge in [-0.3, -0.25) is 0 Å². The number of benzene rings is 3. The summed E-state index contributed by atoms with van der Waals surface area (Å²) in [5.74, 6) is 0.874. The van der Waals surface area contributed by atoms with Crippen molar-refractivity contribution in [1.82, 2.24) is 0 Å². The summed E-state index contributed by atoms with van der Waals surface area (Å²) in [4.78, 5) is 13.0. The first-order valence-electron chi connectivity index (χ1n) is 21.7. The van der Waals surface area contributed by atoms with Crippen molar-refractivity contribution in [2.45, 2.75) is 141 Å². The zero-order valence-electron chi connectivity index (χ0n) is 35.8. The average molecular weight is 925 g/mol. The summed E-state index contributed by atoms with van der Waals surface area (Å²) in [5, 5.41) is 2.02. The molecule has 58 heavy (non-hydrogen) atoms. The van der Waals surface area contributed by atoms with Crippen LogP contribution in [0.25, 0.3) is 0 Å². The molecule has 11 heteroatoms. The quantitative estimate of drug-likeness (QED) is 0.0464. The Kier molecular flexibility index (Phi) is 21.6. The van der Waals surface area contributed by atoms with Crippen LogP contribution in [-0.4, -0.2) is 83.1 Å². The fraction of sp³-hybridized carbons (Fsp3) is 0.617. The van der Waals surface area contributed by atoms with Gasteiger partial charge in [0, 0.05) is 32.0 Å². The molecule has 0 saturated carbocycles. The largest absolute Gasteiger partial charge is 0.491 e. The minimum absolute atomic E-state index is 0.277. The minimum atomic E-state index is -3.28. The molecule has 1 fully saturated rings. The van der Waals surface area contributed by atoms with E-state index in [1.807, 2.05) is 36.4 Å². The molecule has 0 spiro atoms. The van der Waals surface area contributed by atoms with Gasteiger partial charge < -0.3 is 33.2 Å². The van der Waals surface area contributed by atoms with Gasteiger partial charge in [0.1, 0.15) is 42.9 Å². The van der Waals surface area contributed by atoms with Crippen LogP contribution in [0.2, 0.25) is 10.1 Å². The van der Waals surface area contributed by atoms with E-state index in [2.05, 4.69) is 87.8 Å². The molecule has 1 saturated heterocycles. The lowest BCUT2D eigenvalue weighted by atomic mass is 9.88. The van der Waals surface area contributed by atoms with E-state index in [9.17, 15) is 4.80 Å². The third-order valence-corrected chi connectivity index (χ3v) is 17.4. The maximum Gasteiger partial charge on any atom is 0.258 e. The molecule has 7 nitrogen and oxygen atoms in total. The number of alkyl halides is 1. The first kappa shape index (κ1) is 49.2. The number of aryl methyl sites for hydroxylation is 1. The molecule has 0 bridgehead atoms. The summed E-state index contributed by atoms with van der Waals surface area (Å²) in [7, 11) is -3.28. The molecule has 0 amide bonds. The fourth-order valence-corrected chi connectivity index (χ4v) is 12.4. The summed E-state index contributed by atoms with van der Waals surface area (Å²) < 4.78 is 40.9. The van der Waals surface area contributed by atoms with Gasteiger partial charge in [0.15, 0.2) is 0 Å². The first-order chi connectivity index (χ1) is 28.1. The Balaban J connectivity index is 1.84. The molecule has 5 atom stereocenters. The van der Waals surface area contributed by atoms with E-state index in [1.54, 1.807) is 0 Å². The molecule has 3 aromatic rings. The summed E-state index contributed by atoms with van der Waals surface area (Å²) >= 11 is 17.4. The monoisotopic (exact) mass is 922 g/mol.